The van der Waals surface area contributed by atoms with Crippen LogP contribution >= 0.6 is 0 Å². The van der Waals surface area contributed by atoms with Crippen molar-refractivity contribution in [3.8, 4) is 0 Å². The first-order valence-electron chi connectivity index (χ1n) is 6.63. The predicted octanol–water partition coefficient (Wildman–Crippen LogP) is 1.87. The van der Waals surface area contributed by atoms with Gasteiger partial charge in [0.2, 0.25) is 0 Å². The van der Waals surface area contributed by atoms with Crippen molar-refractivity contribution in [1.82, 2.24) is 0 Å². The van der Waals surface area contributed by atoms with E-state index in [1.807, 2.05) is 0 Å². The highest BCUT2D eigenvalue weighted by atomic mass is 28.4. The van der Waals surface area contributed by atoms with Crippen molar-refractivity contribution in [3.05, 3.63) is 0 Å². The first-order chi connectivity index (χ1) is 8.08. The summed E-state index contributed by atoms with van der Waals surface area (Å²) >= 11 is 0. The van der Waals surface area contributed by atoms with Gasteiger partial charge in [-0.2, -0.15) is 0 Å². The van der Waals surface area contributed by atoms with Crippen molar-refractivity contribution < 1.29 is 19.1 Å². The molecule has 2 fully saturated rings. The molecule has 0 aromatic heterocycles. The lowest BCUT2D eigenvalue weighted by Gasteiger charge is -2.44. The number of rotatable bonds is 2. The molecule has 3 unspecified atom stereocenters. The number of ether oxygens (including phenoxy) is 1. The Balaban J connectivity index is 2.22. The molecular weight excluding hydrogens is 248 g/mol. The van der Waals surface area contributed by atoms with Crippen molar-refractivity contribution in [3.63, 3.8) is 0 Å². The van der Waals surface area contributed by atoms with Gasteiger partial charge in [-0.05, 0) is 18.1 Å². The van der Waals surface area contributed by atoms with Gasteiger partial charge in [-0.15, -0.1) is 0 Å². The van der Waals surface area contributed by atoms with E-state index in [0.29, 0.717) is 13.0 Å². The molecule has 18 heavy (non-hydrogen) atoms. The standard InChI is InChI=1S/C13H24O4Si/c1-12(2,3)18(4,5)17-11-9-8-10(14)13(11,15)6-7-16-9/h9,11,15H,6-8H2,1-5H3. The monoisotopic (exact) mass is 272 g/mol. The van der Waals surface area contributed by atoms with Gasteiger partial charge in [0.25, 0.3) is 0 Å². The molecule has 1 aliphatic carbocycles. The van der Waals surface area contributed by atoms with E-state index in [0.717, 1.165) is 0 Å². The Labute approximate surface area is 110 Å². The predicted molar refractivity (Wildman–Crippen MR) is 71.0 cm³/mol. The lowest BCUT2D eigenvalue weighted by molar-refractivity contribution is -0.160. The molecule has 0 aromatic carbocycles. The average molecular weight is 272 g/mol. The van der Waals surface area contributed by atoms with Gasteiger partial charge < -0.3 is 14.3 Å². The highest BCUT2D eigenvalue weighted by molar-refractivity contribution is 6.74. The van der Waals surface area contributed by atoms with Gasteiger partial charge in [0, 0.05) is 12.8 Å². The summed E-state index contributed by atoms with van der Waals surface area (Å²) in [5.74, 6) is -0.117. The highest BCUT2D eigenvalue weighted by Crippen LogP contribution is 2.44. The maximum atomic E-state index is 11.9. The maximum absolute atomic E-state index is 11.9. The first-order valence-corrected chi connectivity index (χ1v) is 9.54. The van der Waals surface area contributed by atoms with Crippen LogP contribution in [0.4, 0.5) is 0 Å². The van der Waals surface area contributed by atoms with Crippen LogP contribution in [0.3, 0.4) is 0 Å². The Morgan fingerprint density at radius 2 is 2.06 bits per heavy atom. The summed E-state index contributed by atoms with van der Waals surface area (Å²) < 4.78 is 11.8. The number of Topliss-reactive ketones (excluding diaryl/α,β-unsaturated/α-hetero) is 1. The SMILES string of the molecule is CC(C)(C)[Si](C)(C)OC1C2CC(=O)C1(O)CCO2. The molecule has 1 saturated carbocycles. The second kappa shape index (κ2) is 4.13. The van der Waals surface area contributed by atoms with Crippen LogP contribution in [0.15, 0.2) is 0 Å². The summed E-state index contributed by atoms with van der Waals surface area (Å²) in [6.45, 7) is 11.2. The lowest BCUT2D eigenvalue weighted by atomic mass is 9.93. The smallest absolute Gasteiger partial charge is 0.192 e. The fourth-order valence-electron chi connectivity index (χ4n) is 2.39. The molecule has 1 saturated heterocycles. The Morgan fingerprint density at radius 3 is 2.56 bits per heavy atom. The van der Waals surface area contributed by atoms with Gasteiger partial charge in [0.15, 0.2) is 19.7 Å². The van der Waals surface area contributed by atoms with E-state index < -0.39 is 20.0 Å². The third-order valence-electron chi connectivity index (χ3n) is 4.72. The first kappa shape index (κ1) is 14.2. The second-order valence-electron chi connectivity index (χ2n) is 7.01. The van der Waals surface area contributed by atoms with Crippen LogP contribution < -0.4 is 0 Å². The van der Waals surface area contributed by atoms with Crippen LogP contribution in [0.1, 0.15) is 33.6 Å². The highest BCUT2D eigenvalue weighted by Gasteiger charge is 2.59. The molecule has 2 bridgehead atoms. The van der Waals surface area contributed by atoms with Crippen molar-refractivity contribution in [2.45, 2.75) is 69.6 Å². The van der Waals surface area contributed by atoms with Crippen LogP contribution in [0.5, 0.6) is 0 Å². The van der Waals surface area contributed by atoms with Crippen LogP contribution in [-0.2, 0) is 14.0 Å². The molecule has 5 heteroatoms. The number of carbonyl (C=O) groups excluding carboxylic acids is 1. The normalized spacial score (nSPS) is 37.1. The maximum Gasteiger partial charge on any atom is 0.192 e. The van der Waals surface area contributed by atoms with Gasteiger partial charge in [-0.1, -0.05) is 20.8 Å². The number of fused-ring (bicyclic) bond motifs is 2. The molecule has 0 amide bonds. The minimum absolute atomic E-state index is 0.0588. The van der Waals surface area contributed by atoms with Crippen molar-refractivity contribution in [1.29, 1.82) is 0 Å². The molecule has 3 atom stereocenters. The number of ketones is 1. The molecule has 1 heterocycles. The van der Waals surface area contributed by atoms with E-state index >= 15 is 0 Å². The minimum Gasteiger partial charge on any atom is -0.408 e. The Hall–Kier alpha value is -0.233. The van der Waals surface area contributed by atoms with Crippen LogP contribution in [0, 0.1) is 0 Å². The van der Waals surface area contributed by atoms with Gasteiger partial charge >= 0.3 is 0 Å². The van der Waals surface area contributed by atoms with Crippen molar-refractivity contribution in [2.75, 3.05) is 6.61 Å². The van der Waals surface area contributed by atoms with Crippen LogP contribution in [-0.4, -0.2) is 43.6 Å². The summed E-state index contributed by atoms with van der Waals surface area (Å²) in [4.78, 5) is 11.9. The van der Waals surface area contributed by atoms with Gasteiger partial charge in [0.1, 0.15) is 6.10 Å². The molecule has 104 valence electrons. The van der Waals surface area contributed by atoms with Gasteiger partial charge in [-0.25, -0.2) is 0 Å². The fourth-order valence-corrected chi connectivity index (χ4v) is 3.73. The van der Waals surface area contributed by atoms with Crippen molar-refractivity contribution in [2.24, 2.45) is 0 Å². The molecule has 1 aliphatic heterocycles. The van der Waals surface area contributed by atoms with E-state index in [1.54, 1.807) is 0 Å². The third kappa shape index (κ3) is 2.07. The Bertz CT molecular complexity index is 360. The Morgan fingerprint density at radius 1 is 1.44 bits per heavy atom. The molecule has 2 rings (SSSR count). The number of hydrogen-bond donors (Lipinski definition) is 1. The quantitative estimate of drug-likeness (QED) is 0.780. The molecule has 4 nitrogen and oxygen atoms in total. The summed E-state index contributed by atoms with van der Waals surface area (Å²) in [6, 6.07) is 0. The number of aliphatic hydroxyl groups is 1. The zero-order valence-corrected chi connectivity index (χ0v) is 12.9. The van der Waals surface area contributed by atoms with Gasteiger partial charge in [-0.3, -0.25) is 4.79 Å². The zero-order valence-electron chi connectivity index (χ0n) is 11.9. The molecule has 0 aromatic rings. The van der Waals surface area contributed by atoms with E-state index in [-0.39, 0.29) is 23.3 Å². The van der Waals surface area contributed by atoms with E-state index in [1.165, 1.54) is 0 Å². The summed E-state index contributed by atoms with van der Waals surface area (Å²) in [6.07, 6.45) is -0.0813. The minimum atomic E-state index is -2.00. The third-order valence-corrected chi connectivity index (χ3v) is 9.18. The van der Waals surface area contributed by atoms with Crippen LogP contribution in [0.2, 0.25) is 18.1 Å². The topological polar surface area (TPSA) is 55.8 Å². The Kier molecular flexibility index (Phi) is 3.25. The van der Waals surface area contributed by atoms with Gasteiger partial charge in [0.05, 0.1) is 12.7 Å². The lowest BCUT2D eigenvalue weighted by Crippen LogP contribution is -2.57. The summed E-state index contributed by atoms with van der Waals surface area (Å²) in [5.41, 5.74) is -1.31. The largest absolute Gasteiger partial charge is 0.408 e. The molecule has 2 aliphatic rings. The number of carbonyl (C=O) groups is 1. The average Bonchev–Trinajstić information content (AvgIpc) is 2.35. The van der Waals surface area contributed by atoms with E-state index in [2.05, 4.69) is 33.9 Å². The van der Waals surface area contributed by atoms with Crippen molar-refractivity contribution >= 4 is 14.1 Å². The summed E-state index contributed by atoms with van der Waals surface area (Å²) in [5, 5.41) is 10.6. The second-order valence-corrected chi connectivity index (χ2v) is 11.8. The molecule has 0 spiro atoms. The summed E-state index contributed by atoms with van der Waals surface area (Å²) in [7, 11) is -2.00. The van der Waals surface area contributed by atoms with E-state index in [9.17, 15) is 9.90 Å². The zero-order chi connectivity index (χ0) is 13.8. The molecule has 0 radical (unpaired) electrons. The fraction of sp³-hybridized carbons (Fsp3) is 0.923. The molecule has 1 N–H and O–H groups in total. The molecular formula is C13H24O4Si. The van der Waals surface area contributed by atoms with Crippen LogP contribution in [0.25, 0.3) is 0 Å². The number of hydrogen-bond acceptors (Lipinski definition) is 4. The van der Waals surface area contributed by atoms with E-state index in [4.69, 9.17) is 9.16 Å².